The van der Waals surface area contributed by atoms with E-state index in [1.807, 2.05) is 39.7 Å². The molecule has 6 nitrogen and oxygen atoms in total. The third-order valence-corrected chi connectivity index (χ3v) is 10.6. The van der Waals surface area contributed by atoms with Crippen LogP contribution in [-0.4, -0.2) is 29.6 Å². The van der Waals surface area contributed by atoms with Crippen molar-refractivity contribution in [1.82, 2.24) is 13.9 Å². The van der Waals surface area contributed by atoms with Crippen LogP contribution in [0.4, 0.5) is 0 Å². The summed E-state index contributed by atoms with van der Waals surface area (Å²) in [6.07, 6.45) is 1.95. The van der Waals surface area contributed by atoms with Crippen molar-refractivity contribution in [1.29, 1.82) is 0 Å². The first-order valence-electron chi connectivity index (χ1n) is 10.0. The van der Waals surface area contributed by atoms with Gasteiger partial charge in [0.25, 0.3) is 0 Å². The van der Waals surface area contributed by atoms with Gasteiger partial charge in [0.1, 0.15) is 0 Å². The van der Waals surface area contributed by atoms with E-state index in [1.54, 1.807) is 0 Å². The van der Waals surface area contributed by atoms with Crippen LogP contribution >= 0.6 is 0 Å². The highest BCUT2D eigenvalue weighted by molar-refractivity contribution is 7.84. The Balaban J connectivity index is 1.43. The Kier molecular flexibility index (Phi) is 2.00. The molecule has 7 aliphatic rings. The topological polar surface area (TPSA) is 66.0 Å². The lowest BCUT2D eigenvalue weighted by Gasteiger charge is -2.47. The molecule has 3 unspecified atom stereocenters. The first kappa shape index (κ1) is 14.2. The molecule has 7 heteroatoms. The van der Waals surface area contributed by atoms with E-state index in [0.717, 1.165) is 24.3 Å². The van der Waals surface area contributed by atoms with Crippen molar-refractivity contribution in [2.45, 2.75) is 24.9 Å². The Labute approximate surface area is 157 Å². The highest BCUT2D eigenvalue weighted by Crippen LogP contribution is 3.03. The minimum Gasteiger partial charge on any atom is -0.260 e. The van der Waals surface area contributed by atoms with E-state index in [4.69, 9.17) is 0 Å². The van der Waals surface area contributed by atoms with Gasteiger partial charge in [0, 0.05) is 33.1 Å². The lowest BCUT2D eigenvalue weighted by atomic mass is 9.69. The van der Waals surface area contributed by atoms with Crippen molar-refractivity contribution in [2.24, 2.45) is 34.5 Å². The summed E-state index contributed by atoms with van der Waals surface area (Å²) in [5, 5.41) is 0. The zero-order chi connectivity index (χ0) is 17.9. The van der Waals surface area contributed by atoms with Gasteiger partial charge in [-0.3, -0.25) is 4.21 Å². The first-order valence-corrected chi connectivity index (χ1v) is 11.5. The summed E-state index contributed by atoms with van der Waals surface area (Å²) in [5.41, 5.74) is 0.602. The number of hydrogen-bond donors (Lipinski definition) is 0. The van der Waals surface area contributed by atoms with Gasteiger partial charge in [-0.1, -0.05) is 18.2 Å². The number of aromatic nitrogens is 3. The fourth-order valence-corrected chi connectivity index (χ4v) is 10.3. The molecule has 9 rings (SSSR count). The van der Waals surface area contributed by atoms with Crippen molar-refractivity contribution >= 4 is 10.8 Å². The van der Waals surface area contributed by atoms with Crippen LogP contribution in [-0.2, 0) is 10.8 Å². The molecule has 5 fully saturated rings. The largest absolute Gasteiger partial charge is 0.352 e. The Morgan fingerprint density at radius 3 is 1.96 bits per heavy atom. The molecule has 2 bridgehead atoms. The molecule has 27 heavy (non-hydrogen) atoms. The zero-order valence-corrected chi connectivity index (χ0v) is 15.5. The van der Waals surface area contributed by atoms with E-state index in [0.29, 0.717) is 29.4 Å². The quantitative estimate of drug-likeness (QED) is 0.738. The summed E-state index contributed by atoms with van der Waals surface area (Å²) in [5.74, 6) is 4.08. The van der Waals surface area contributed by atoms with Crippen LogP contribution in [0.1, 0.15) is 24.9 Å². The van der Waals surface area contributed by atoms with Crippen LogP contribution in [0.3, 0.4) is 0 Å². The van der Waals surface area contributed by atoms with Crippen LogP contribution < -0.4 is 11.4 Å². The highest BCUT2D eigenvalue weighted by atomic mass is 32.2. The van der Waals surface area contributed by atoms with Gasteiger partial charge >= 0.3 is 11.4 Å². The fourth-order valence-electron chi connectivity index (χ4n) is 8.93. The Bertz CT molecular complexity index is 1140. The van der Waals surface area contributed by atoms with Crippen LogP contribution in [0.2, 0.25) is 0 Å². The molecule has 1 saturated heterocycles. The van der Waals surface area contributed by atoms with Crippen LogP contribution in [0, 0.1) is 34.5 Å². The minimum absolute atomic E-state index is 0.146. The van der Waals surface area contributed by atoms with Gasteiger partial charge < -0.3 is 0 Å². The van der Waals surface area contributed by atoms with Gasteiger partial charge in [0.2, 0.25) is 0 Å². The van der Waals surface area contributed by atoms with Crippen molar-refractivity contribution in [3.8, 4) is 5.69 Å². The van der Waals surface area contributed by atoms with E-state index < -0.39 is 10.8 Å². The number of rotatable bonds is 1. The molecular weight excluding hydrogens is 362 g/mol. The predicted octanol–water partition coefficient (Wildman–Crippen LogP) is 0.931. The third kappa shape index (κ3) is 1.11. The average Bonchev–Trinajstić information content (AvgIpc) is 3.45. The molecule has 4 aliphatic carbocycles. The van der Waals surface area contributed by atoms with Crippen LogP contribution in [0.5, 0.6) is 0 Å². The molecule has 1 aromatic carbocycles. The van der Waals surface area contributed by atoms with Crippen molar-refractivity contribution in [3.63, 3.8) is 0 Å². The van der Waals surface area contributed by atoms with Crippen LogP contribution in [0.15, 0.2) is 39.9 Å². The summed E-state index contributed by atoms with van der Waals surface area (Å²) in [6.45, 7) is 0. The van der Waals surface area contributed by atoms with Gasteiger partial charge in [-0.05, 0) is 48.6 Å². The average molecular weight is 381 g/mol. The standard InChI is InChI=1S/C20H19N3O3S/c24-17-21(10-4-2-1-3-5-10)18(25)23-16-13-11-12(13)15(22(17)23)19-6-8-27(26)9-7-20(16,19)14(11)19/h1-5,11-16H,6-9H2/t11?,12-,13+,14?,15-,16-,19+,20-,27?/m1/s1. The number of benzene rings is 1. The molecule has 4 saturated carbocycles. The number of para-hydroxylation sites is 1. The third-order valence-electron chi connectivity index (χ3n) is 9.29. The summed E-state index contributed by atoms with van der Waals surface area (Å²) in [6, 6.07) is 9.62. The predicted molar refractivity (Wildman–Crippen MR) is 98.3 cm³/mol. The van der Waals surface area contributed by atoms with Gasteiger partial charge in [0.05, 0.1) is 17.8 Å². The fraction of sp³-hybridized carbons (Fsp3) is 0.600. The maximum absolute atomic E-state index is 13.4. The molecule has 9 atom stereocenters. The smallest absolute Gasteiger partial charge is 0.260 e. The second kappa shape index (κ2) is 3.81. The van der Waals surface area contributed by atoms with E-state index in [9.17, 15) is 13.8 Å². The second-order valence-corrected chi connectivity index (χ2v) is 11.1. The minimum atomic E-state index is -0.742. The Morgan fingerprint density at radius 1 is 0.852 bits per heavy atom. The molecule has 2 spiro atoms. The summed E-state index contributed by atoms with van der Waals surface area (Å²) >= 11 is 0. The Morgan fingerprint density at radius 2 is 1.41 bits per heavy atom. The summed E-state index contributed by atoms with van der Waals surface area (Å²) < 4.78 is 17.4. The molecule has 4 heterocycles. The SMILES string of the molecule is O=c1n(-c2ccccc2)c(=O)n2n1[C@@H]1[C@@H]3C4C5[C@@]16CCS(=O)CC[C@]56[C@H]2[C@@H]43. The van der Waals surface area contributed by atoms with Gasteiger partial charge in [0.15, 0.2) is 0 Å². The van der Waals surface area contributed by atoms with E-state index in [-0.39, 0.29) is 34.3 Å². The monoisotopic (exact) mass is 381 g/mol. The lowest BCUT2D eigenvalue weighted by Crippen LogP contribution is -2.52. The maximum atomic E-state index is 13.4. The Hall–Kier alpha value is -1.89. The molecule has 0 radical (unpaired) electrons. The van der Waals surface area contributed by atoms with E-state index in [2.05, 4.69) is 0 Å². The highest BCUT2D eigenvalue weighted by Gasteiger charge is 3.02. The molecule has 3 aliphatic heterocycles. The van der Waals surface area contributed by atoms with Gasteiger partial charge in [-0.2, -0.15) is 0 Å². The lowest BCUT2D eigenvalue weighted by molar-refractivity contribution is -0.00192. The molecule has 138 valence electrons. The molecule has 0 amide bonds. The summed E-state index contributed by atoms with van der Waals surface area (Å²) in [4.78, 5) is 26.9. The molecular formula is C20H19N3O3S. The van der Waals surface area contributed by atoms with Crippen molar-refractivity contribution < 1.29 is 4.21 Å². The van der Waals surface area contributed by atoms with Crippen molar-refractivity contribution in [3.05, 3.63) is 51.3 Å². The van der Waals surface area contributed by atoms with Gasteiger partial charge in [-0.15, -0.1) is 0 Å². The molecule has 2 aromatic rings. The zero-order valence-electron chi connectivity index (χ0n) is 14.7. The molecule has 1 aromatic heterocycles. The van der Waals surface area contributed by atoms with Crippen molar-refractivity contribution in [2.75, 3.05) is 11.5 Å². The number of hydrogen-bond acceptors (Lipinski definition) is 3. The summed E-state index contributed by atoms with van der Waals surface area (Å²) in [7, 11) is -0.742. The van der Waals surface area contributed by atoms with E-state index >= 15 is 0 Å². The molecule has 0 N–H and O–H groups in total. The van der Waals surface area contributed by atoms with Crippen LogP contribution in [0.25, 0.3) is 5.69 Å². The number of nitrogens with zero attached hydrogens (tertiary/aromatic N) is 3. The maximum Gasteiger partial charge on any atom is 0.352 e. The first-order chi connectivity index (χ1) is 13.1. The normalized spacial score (nSPS) is 51.5. The second-order valence-electron chi connectivity index (χ2n) is 9.45. The van der Waals surface area contributed by atoms with Gasteiger partial charge in [-0.25, -0.2) is 23.5 Å². The van der Waals surface area contributed by atoms with E-state index in [1.165, 1.54) is 4.57 Å².